The molecule has 0 bridgehead atoms. The fraction of sp³-hybridized carbons (Fsp3) is 0.917. The third-order valence-electron chi connectivity index (χ3n) is 3.76. The Morgan fingerprint density at radius 1 is 1.53 bits per heavy atom. The Morgan fingerprint density at radius 2 is 2.26 bits per heavy atom. The fourth-order valence-corrected chi connectivity index (χ4v) is 4.94. The minimum absolute atomic E-state index is 0.0592. The molecule has 19 heavy (non-hydrogen) atoms. The second-order valence-corrected chi connectivity index (χ2v) is 8.23. The summed E-state index contributed by atoms with van der Waals surface area (Å²) in [6, 6.07) is 0.393. The molecule has 1 unspecified atom stereocenters. The number of carbonyl (C=O) groups excluding carboxylic acids is 1. The molecule has 2 saturated heterocycles. The zero-order valence-electron chi connectivity index (χ0n) is 11.6. The van der Waals surface area contributed by atoms with E-state index >= 15 is 0 Å². The van der Waals surface area contributed by atoms with Crippen LogP contribution in [0.5, 0.6) is 0 Å². The first-order valence-electron chi connectivity index (χ1n) is 6.75. The number of piperazine rings is 1. The maximum atomic E-state index is 12.0. The number of hydrogen-bond donors (Lipinski definition) is 2. The largest absolute Gasteiger partial charge is 0.349 e. The number of nitrogens with zero attached hydrogens (tertiary/aromatic N) is 1. The lowest BCUT2D eigenvalue weighted by Crippen LogP contribution is -2.55. The Kier molecular flexibility index (Phi) is 4.17. The van der Waals surface area contributed by atoms with Crippen molar-refractivity contribution in [1.29, 1.82) is 0 Å². The van der Waals surface area contributed by atoms with Crippen LogP contribution < -0.4 is 10.6 Å². The van der Waals surface area contributed by atoms with E-state index in [4.69, 9.17) is 0 Å². The van der Waals surface area contributed by atoms with Crippen molar-refractivity contribution >= 4 is 15.7 Å². The third kappa shape index (κ3) is 4.15. The van der Waals surface area contributed by atoms with Crippen molar-refractivity contribution < 1.29 is 13.2 Å². The SMILES string of the molecule is C[C@@H]1CN(CC(=O)NC2(C)CCS(=O)(=O)C2)CCN1. The van der Waals surface area contributed by atoms with Gasteiger partial charge in [-0.3, -0.25) is 9.69 Å². The predicted molar refractivity (Wildman–Crippen MR) is 73.7 cm³/mol. The van der Waals surface area contributed by atoms with E-state index in [-0.39, 0.29) is 17.4 Å². The van der Waals surface area contributed by atoms with E-state index in [0.717, 1.165) is 19.6 Å². The lowest BCUT2D eigenvalue weighted by molar-refractivity contribution is -0.124. The first kappa shape index (κ1) is 14.7. The zero-order valence-corrected chi connectivity index (χ0v) is 12.4. The number of rotatable bonds is 3. The molecular formula is C12H23N3O3S. The summed E-state index contributed by atoms with van der Waals surface area (Å²) in [5.41, 5.74) is -0.588. The van der Waals surface area contributed by atoms with E-state index in [1.807, 2.05) is 6.92 Å². The molecule has 2 aliphatic heterocycles. The molecule has 6 nitrogen and oxygen atoms in total. The average molecular weight is 289 g/mol. The first-order chi connectivity index (χ1) is 8.78. The number of carbonyl (C=O) groups is 1. The van der Waals surface area contributed by atoms with Gasteiger partial charge in [0.2, 0.25) is 5.91 Å². The topological polar surface area (TPSA) is 78.5 Å². The van der Waals surface area contributed by atoms with E-state index in [0.29, 0.717) is 19.0 Å². The van der Waals surface area contributed by atoms with Crippen LogP contribution in [0.4, 0.5) is 0 Å². The van der Waals surface area contributed by atoms with Crippen molar-refractivity contribution in [1.82, 2.24) is 15.5 Å². The fourth-order valence-electron chi connectivity index (χ4n) is 2.84. The van der Waals surface area contributed by atoms with E-state index in [1.165, 1.54) is 0 Å². The van der Waals surface area contributed by atoms with Gasteiger partial charge in [-0.25, -0.2) is 8.42 Å². The molecule has 0 aliphatic carbocycles. The van der Waals surface area contributed by atoms with Crippen molar-refractivity contribution in [2.45, 2.75) is 31.8 Å². The molecule has 0 saturated carbocycles. The molecule has 2 aliphatic rings. The molecule has 2 fully saturated rings. The highest BCUT2D eigenvalue weighted by atomic mass is 32.2. The predicted octanol–water partition coefficient (Wildman–Crippen LogP) is -1.03. The molecule has 2 heterocycles. The zero-order chi connectivity index (χ0) is 14.1. The monoisotopic (exact) mass is 289 g/mol. The Hall–Kier alpha value is -0.660. The van der Waals surface area contributed by atoms with Gasteiger partial charge in [-0.2, -0.15) is 0 Å². The van der Waals surface area contributed by atoms with Gasteiger partial charge in [-0.15, -0.1) is 0 Å². The van der Waals surface area contributed by atoms with Crippen molar-refractivity contribution in [3.63, 3.8) is 0 Å². The second kappa shape index (κ2) is 5.38. The summed E-state index contributed by atoms with van der Waals surface area (Å²) in [4.78, 5) is 14.1. The molecule has 7 heteroatoms. The smallest absolute Gasteiger partial charge is 0.234 e. The molecular weight excluding hydrogens is 266 g/mol. The maximum absolute atomic E-state index is 12.0. The van der Waals surface area contributed by atoms with Gasteiger partial charge in [0.25, 0.3) is 0 Å². The van der Waals surface area contributed by atoms with Crippen LogP contribution in [0, 0.1) is 0 Å². The number of hydrogen-bond acceptors (Lipinski definition) is 5. The molecule has 0 spiro atoms. The average Bonchev–Trinajstić information content (AvgIpc) is 2.52. The van der Waals surface area contributed by atoms with Crippen LogP contribution in [0.15, 0.2) is 0 Å². The lowest BCUT2D eigenvalue weighted by Gasteiger charge is -2.32. The van der Waals surface area contributed by atoms with E-state index in [1.54, 1.807) is 0 Å². The Morgan fingerprint density at radius 3 is 2.84 bits per heavy atom. The molecule has 0 aromatic carbocycles. The molecule has 110 valence electrons. The van der Waals surface area contributed by atoms with Crippen LogP contribution in [-0.4, -0.2) is 68.5 Å². The first-order valence-corrected chi connectivity index (χ1v) is 8.57. The Balaban J connectivity index is 1.84. The summed E-state index contributed by atoms with van der Waals surface area (Å²) in [6.45, 7) is 6.85. The van der Waals surface area contributed by atoms with Crippen LogP contribution in [0.3, 0.4) is 0 Å². The molecule has 0 aromatic heterocycles. The van der Waals surface area contributed by atoms with Gasteiger partial charge in [-0.1, -0.05) is 0 Å². The van der Waals surface area contributed by atoms with Crippen LogP contribution >= 0.6 is 0 Å². The molecule has 0 radical (unpaired) electrons. The Bertz CT molecular complexity index is 451. The summed E-state index contributed by atoms with van der Waals surface area (Å²) in [6.07, 6.45) is 0.513. The third-order valence-corrected chi connectivity index (χ3v) is 5.67. The number of sulfone groups is 1. The van der Waals surface area contributed by atoms with Gasteiger partial charge in [0.1, 0.15) is 0 Å². The second-order valence-electron chi connectivity index (χ2n) is 6.04. The molecule has 2 atom stereocenters. The molecule has 1 amide bonds. The highest BCUT2D eigenvalue weighted by molar-refractivity contribution is 7.91. The molecule has 2 rings (SSSR count). The summed E-state index contributed by atoms with van der Waals surface area (Å²) < 4.78 is 23.0. The van der Waals surface area contributed by atoms with Crippen LogP contribution in [0.25, 0.3) is 0 Å². The van der Waals surface area contributed by atoms with Crippen molar-refractivity contribution in [2.24, 2.45) is 0 Å². The van der Waals surface area contributed by atoms with E-state index in [9.17, 15) is 13.2 Å². The van der Waals surface area contributed by atoms with Gasteiger partial charge < -0.3 is 10.6 Å². The normalized spacial score (nSPS) is 35.2. The summed E-state index contributed by atoms with van der Waals surface area (Å²) in [5, 5.41) is 6.22. The molecule has 0 aromatic rings. The highest BCUT2D eigenvalue weighted by Gasteiger charge is 2.39. The van der Waals surface area contributed by atoms with Gasteiger partial charge in [0, 0.05) is 25.7 Å². The summed E-state index contributed by atoms with van der Waals surface area (Å²) >= 11 is 0. The van der Waals surface area contributed by atoms with E-state index < -0.39 is 15.4 Å². The molecule has 2 N–H and O–H groups in total. The maximum Gasteiger partial charge on any atom is 0.234 e. The standard InChI is InChI=1S/C12H23N3O3S/c1-10-7-15(5-4-13-10)8-11(16)14-12(2)3-6-19(17,18)9-12/h10,13H,3-9H2,1-2H3,(H,14,16)/t10-,12?/m1/s1. The van der Waals surface area contributed by atoms with Crippen LogP contribution in [0.2, 0.25) is 0 Å². The van der Waals surface area contributed by atoms with Gasteiger partial charge >= 0.3 is 0 Å². The minimum atomic E-state index is -2.98. The quantitative estimate of drug-likeness (QED) is 0.695. The highest BCUT2D eigenvalue weighted by Crippen LogP contribution is 2.22. The van der Waals surface area contributed by atoms with Gasteiger partial charge in [0.05, 0.1) is 23.6 Å². The lowest BCUT2D eigenvalue weighted by atomic mass is 10.0. The van der Waals surface area contributed by atoms with Crippen molar-refractivity contribution in [3.05, 3.63) is 0 Å². The number of nitrogens with one attached hydrogen (secondary N) is 2. The van der Waals surface area contributed by atoms with Crippen LogP contribution in [0.1, 0.15) is 20.3 Å². The number of amides is 1. The van der Waals surface area contributed by atoms with Crippen molar-refractivity contribution in [2.75, 3.05) is 37.7 Å². The van der Waals surface area contributed by atoms with Gasteiger partial charge in [0.15, 0.2) is 9.84 Å². The van der Waals surface area contributed by atoms with Crippen molar-refractivity contribution in [3.8, 4) is 0 Å². The Labute approximate surface area is 114 Å². The minimum Gasteiger partial charge on any atom is -0.349 e. The van der Waals surface area contributed by atoms with Crippen LogP contribution in [-0.2, 0) is 14.6 Å². The van der Waals surface area contributed by atoms with E-state index in [2.05, 4.69) is 22.5 Å². The van der Waals surface area contributed by atoms with Gasteiger partial charge in [-0.05, 0) is 20.3 Å². The summed E-state index contributed by atoms with van der Waals surface area (Å²) in [5.74, 6) is 0.159. The summed E-state index contributed by atoms with van der Waals surface area (Å²) in [7, 11) is -2.98.